The van der Waals surface area contributed by atoms with Gasteiger partial charge in [0.1, 0.15) is 0 Å². The van der Waals surface area contributed by atoms with Crippen LogP contribution in [-0.4, -0.2) is 74.4 Å². The highest BCUT2D eigenvalue weighted by Gasteiger charge is 2.44. The highest BCUT2D eigenvalue weighted by Crippen LogP contribution is 2.25. The molecular formula is C28H30F3N7O8S. The van der Waals surface area contributed by atoms with Gasteiger partial charge in [-0.3, -0.25) is 20.0 Å². The summed E-state index contributed by atoms with van der Waals surface area (Å²) in [7, 11) is -4.46. The number of sulfonamides is 1. The third-order valence-electron chi connectivity index (χ3n) is 6.53. The van der Waals surface area contributed by atoms with Gasteiger partial charge in [-0.15, -0.1) is 0 Å². The maximum atomic E-state index is 13.6. The number of carboxylic acids is 2. The number of aliphatic carboxylic acids is 2. The lowest BCUT2D eigenvalue weighted by atomic mass is 10.0. The lowest BCUT2D eigenvalue weighted by Crippen LogP contribution is -2.65. The van der Waals surface area contributed by atoms with Gasteiger partial charge in [-0.05, 0) is 62.9 Å². The molecule has 2 heterocycles. The van der Waals surface area contributed by atoms with Gasteiger partial charge < -0.3 is 20.5 Å². The summed E-state index contributed by atoms with van der Waals surface area (Å²) >= 11 is 0. The highest BCUT2D eigenvalue weighted by molar-refractivity contribution is 7.89. The van der Waals surface area contributed by atoms with Gasteiger partial charge in [0.15, 0.2) is 0 Å². The van der Waals surface area contributed by atoms with Crippen LogP contribution in [0.1, 0.15) is 46.3 Å². The van der Waals surface area contributed by atoms with Crippen molar-refractivity contribution < 1.29 is 51.0 Å². The van der Waals surface area contributed by atoms with Crippen LogP contribution in [0.15, 0.2) is 53.8 Å². The zero-order valence-electron chi connectivity index (χ0n) is 25.0. The Morgan fingerprint density at radius 1 is 0.979 bits per heavy atom. The first-order valence-electron chi connectivity index (χ1n) is 13.5. The van der Waals surface area contributed by atoms with Crippen LogP contribution >= 0.6 is 0 Å². The molecule has 0 saturated carbocycles. The third kappa shape index (κ3) is 9.36. The molecule has 0 unspecified atom stereocenters. The first-order valence-corrected chi connectivity index (χ1v) is 15.0. The average molecular weight is 682 g/mol. The molecule has 0 saturated heterocycles. The first-order chi connectivity index (χ1) is 21.8. The van der Waals surface area contributed by atoms with E-state index in [1.165, 1.54) is 30.7 Å². The number of carbonyl (C=O) groups is 4. The minimum absolute atomic E-state index is 0.0890. The van der Waals surface area contributed by atoms with Gasteiger partial charge in [-0.2, -0.15) is 23.0 Å². The average Bonchev–Trinajstić information content (AvgIpc) is 3.63. The van der Waals surface area contributed by atoms with Crippen LogP contribution in [0.3, 0.4) is 0 Å². The normalized spacial score (nSPS) is 12.8. The molecule has 0 aliphatic heterocycles. The number of aryl methyl sites for hydroxylation is 3. The number of carbonyl (C=O) groups excluding carboxylic acids is 2. The second kappa shape index (κ2) is 14.4. The molecule has 2 amide bonds. The Bertz CT molecular complexity index is 1870. The van der Waals surface area contributed by atoms with Crippen molar-refractivity contribution in [2.45, 2.75) is 56.8 Å². The Morgan fingerprint density at radius 3 is 2.17 bits per heavy atom. The Morgan fingerprint density at radius 2 is 1.62 bits per heavy atom. The number of hydrogen-bond acceptors (Lipinski definition) is 8. The number of carboxylic acid groups (broad SMARTS) is 2. The number of H-pyrrole nitrogens is 2. The van der Waals surface area contributed by atoms with Crippen LogP contribution in [0, 0.1) is 20.8 Å². The van der Waals surface area contributed by atoms with Gasteiger partial charge in [0.25, 0.3) is 5.91 Å². The number of amides is 2. The molecule has 0 aliphatic rings. The van der Waals surface area contributed by atoms with E-state index in [2.05, 4.69) is 35.5 Å². The van der Waals surface area contributed by atoms with Gasteiger partial charge in [0.05, 0.1) is 16.6 Å². The van der Waals surface area contributed by atoms with Crippen LogP contribution in [0.5, 0.6) is 0 Å². The number of fused-ring (bicyclic) bond motifs is 1. The van der Waals surface area contributed by atoms with E-state index in [0.29, 0.717) is 22.0 Å². The van der Waals surface area contributed by atoms with E-state index in [0.717, 1.165) is 5.56 Å². The summed E-state index contributed by atoms with van der Waals surface area (Å²) in [5.41, 5.74) is -0.0519. The van der Waals surface area contributed by atoms with Crippen molar-refractivity contribution in [1.82, 2.24) is 30.2 Å². The molecule has 0 spiro atoms. The molecule has 0 fully saturated rings. The number of nitrogens with one attached hydrogen (secondary N) is 5. The van der Waals surface area contributed by atoms with Crippen molar-refractivity contribution in [3.63, 3.8) is 0 Å². The van der Waals surface area contributed by atoms with Gasteiger partial charge >= 0.3 is 18.1 Å². The molecule has 15 nitrogen and oxygen atoms in total. The minimum Gasteiger partial charge on any atom is -0.478 e. The SMILES string of the molecule is Cc1cc(C)c(S(=O)(=O)N[C@](CCCC(=O)Nc2ncc[nH]2)(NC(=O)c2ccc3[nH]ncc3c2)C(=O)O)c(C)c1.O=C(O)C(F)(F)F. The summed E-state index contributed by atoms with van der Waals surface area (Å²) in [6.07, 6.45) is -1.31. The van der Waals surface area contributed by atoms with Crippen molar-refractivity contribution in [3.05, 3.63) is 71.2 Å². The van der Waals surface area contributed by atoms with E-state index >= 15 is 0 Å². The molecule has 47 heavy (non-hydrogen) atoms. The number of halogens is 3. The number of aromatic amines is 2. The molecule has 19 heteroatoms. The topological polar surface area (TPSA) is 236 Å². The Labute approximate surface area is 265 Å². The molecule has 4 rings (SSSR count). The molecule has 0 bridgehead atoms. The molecule has 2 aromatic carbocycles. The summed E-state index contributed by atoms with van der Waals surface area (Å²) in [5.74, 6) is -5.48. The van der Waals surface area contributed by atoms with Crippen LogP contribution in [0.25, 0.3) is 10.9 Å². The number of alkyl halides is 3. The molecule has 4 aromatic rings. The van der Waals surface area contributed by atoms with Crippen molar-refractivity contribution in [1.29, 1.82) is 0 Å². The number of nitrogens with zero attached hydrogens (tertiary/aromatic N) is 2. The lowest BCUT2D eigenvalue weighted by Gasteiger charge is -2.32. The lowest BCUT2D eigenvalue weighted by molar-refractivity contribution is -0.192. The van der Waals surface area contributed by atoms with Crippen molar-refractivity contribution in [3.8, 4) is 0 Å². The molecule has 1 atom stereocenters. The first kappa shape index (κ1) is 36.2. The van der Waals surface area contributed by atoms with Crippen LogP contribution in [0.2, 0.25) is 0 Å². The van der Waals surface area contributed by atoms with Gasteiger partial charge in [-0.25, -0.2) is 23.0 Å². The summed E-state index contributed by atoms with van der Waals surface area (Å²) in [4.78, 5) is 53.9. The van der Waals surface area contributed by atoms with Crippen LogP contribution < -0.4 is 15.4 Å². The van der Waals surface area contributed by atoms with E-state index in [9.17, 15) is 41.1 Å². The second-order valence-electron chi connectivity index (χ2n) is 10.3. The van der Waals surface area contributed by atoms with E-state index in [1.807, 2.05) is 6.92 Å². The standard InChI is InChI=1S/C26H29N7O6S.C2HF3O2/c1-15-11-16(2)22(17(3)12-15)40(38,39)33-26(24(36)37,8-4-5-21(34)30-25-27-9-10-28-25)31-23(35)18-6-7-20-19(13-18)14-29-32-20;3-2(4,5)1(6)7/h6-7,9-14,33H,4-5,8H2,1-3H3,(H,29,32)(H,31,35)(H,36,37)(H2,27,28,30,34);(H,6,7)/t26-;/m0./s1. The molecule has 0 aliphatic carbocycles. The van der Waals surface area contributed by atoms with Gasteiger partial charge in [0, 0.05) is 29.8 Å². The predicted octanol–water partition coefficient (Wildman–Crippen LogP) is 3.14. The molecule has 252 valence electrons. The number of rotatable bonds is 11. The van der Waals surface area contributed by atoms with E-state index in [1.54, 1.807) is 32.0 Å². The van der Waals surface area contributed by atoms with E-state index < -0.39 is 52.0 Å². The predicted molar refractivity (Wildman–Crippen MR) is 160 cm³/mol. The summed E-state index contributed by atoms with van der Waals surface area (Å²) in [6.45, 7) is 5.03. The number of benzene rings is 2. The molecule has 7 N–H and O–H groups in total. The van der Waals surface area contributed by atoms with Gasteiger partial charge in [0.2, 0.25) is 27.5 Å². The number of aromatic nitrogens is 4. The third-order valence-corrected chi connectivity index (χ3v) is 8.33. The smallest absolute Gasteiger partial charge is 0.478 e. The highest BCUT2D eigenvalue weighted by atomic mass is 32.2. The fraction of sp³-hybridized carbons (Fsp3) is 0.286. The van der Waals surface area contributed by atoms with E-state index in [4.69, 9.17) is 9.90 Å². The van der Waals surface area contributed by atoms with Gasteiger partial charge in [-0.1, -0.05) is 17.7 Å². The molecular weight excluding hydrogens is 651 g/mol. The Kier molecular flexibility index (Phi) is 11.1. The second-order valence-corrected chi connectivity index (χ2v) is 11.9. The molecule has 2 aromatic heterocycles. The van der Waals surface area contributed by atoms with Crippen molar-refractivity contribution in [2.24, 2.45) is 0 Å². The quantitative estimate of drug-likeness (QED) is 0.114. The van der Waals surface area contributed by atoms with Crippen LogP contribution in [0.4, 0.5) is 19.1 Å². The van der Waals surface area contributed by atoms with Crippen molar-refractivity contribution in [2.75, 3.05) is 5.32 Å². The van der Waals surface area contributed by atoms with Crippen molar-refractivity contribution >= 4 is 50.6 Å². The molecule has 0 radical (unpaired) electrons. The zero-order chi connectivity index (χ0) is 35.2. The maximum absolute atomic E-state index is 13.6. The van der Waals surface area contributed by atoms with Crippen LogP contribution in [-0.2, 0) is 24.4 Å². The Balaban J connectivity index is 0.000000771. The minimum atomic E-state index is -5.08. The zero-order valence-corrected chi connectivity index (χ0v) is 25.8. The summed E-state index contributed by atoms with van der Waals surface area (Å²) < 4.78 is 61.3. The maximum Gasteiger partial charge on any atom is 0.490 e. The largest absolute Gasteiger partial charge is 0.490 e. The summed E-state index contributed by atoms with van der Waals surface area (Å²) in [6, 6.07) is 7.90. The fourth-order valence-electron chi connectivity index (χ4n) is 4.61. The number of imidazole rings is 1. The number of hydrogen-bond donors (Lipinski definition) is 7. The summed E-state index contributed by atoms with van der Waals surface area (Å²) in [5, 5.41) is 29.7. The number of anilines is 1. The van der Waals surface area contributed by atoms with E-state index in [-0.39, 0.29) is 29.2 Å². The monoisotopic (exact) mass is 681 g/mol. The fourth-order valence-corrected chi connectivity index (χ4v) is 6.37. The Hall–Kier alpha value is -5.30.